The van der Waals surface area contributed by atoms with Crippen molar-refractivity contribution in [3.63, 3.8) is 0 Å². The molecule has 2 heterocycles. The molecule has 132 valence electrons. The fraction of sp³-hybridized carbons (Fsp3) is 0. The van der Waals surface area contributed by atoms with Gasteiger partial charge in [-0.3, -0.25) is 0 Å². The van der Waals surface area contributed by atoms with Gasteiger partial charge >= 0.3 is 0 Å². The average molecular weight is 397 g/mol. The molecule has 4 aromatic carbocycles. The number of benzene rings is 4. The molecule has 2 aromatic heterocycles. The number of hydrogen-bond donors (Lipinski definition) is 0. The predicted molar refractivity (Wildman–Crippen MR) is 120 cm³/mol. The zero-order chi connectivity index (χ0) is 18.7. The van der Waals surface area contributed by atoms with Crippen molar-refractivity contribution < 1.29 is 0 Å². The first-order valence-corrected chi connectivity index (χ1v) is 10.2. The molecule has 0 aliphatic carbocycles. The lowest BCUT2D eigenvalue weighted by Crippen LogP contribution is -1.89. The summed E-state index contributed by atoms with van der Waals surface area (Å²) in [4.78, 5) is 9.12. The summed E-state index contributed by atoms with van der Waals surface area (Å²) in [6, 6.07) is 27.6. The van der Waals surface area contributed by atoms with Crippen LogP contribution in [0.2, 0.25) is 5.28 Å². The Hall–Kier alpha value is -3.01. The molecule has 4 heteroatoms. The Labute approximate surface area is 170 Å². The smallest absolute Gasteiger partial charge is 0.216 e. The number of fused-ring (bicyclic) bond motifs is 6. The van der Waals surface area contributed by atoms with Gasteiger partial charge < -0.3 is 0 Å². The van der Waals surface area contributed by atoms with E-state index in [1.807, 2.05) is 12.1 Å². The first kappa shape index (κ1) is 16.0. The molecule has 0 saturated carbocycles. The van der Waals surface area contributed by atoms with E-state index in [9.17, 15) is 0 Å². The molecule has 0 unspecified atom stereocenters. The van der Waals surface area contributed by atoms with Crippen molar-refractivity contribution in [3.8, 4) is 11.3 Å². The van der Waals surface area contributed by atoms with Crippen LogP contribution in [0.15, 0.2) is 78.9 Å². The maximum absolute atomic E-state index is 6.31. The number of hydrogen-bond acceptors (Lipinski definition) is 3. The van der Waals surface area contributed by atoms with E-state index in [1.54, 1.807) is 11.3 Å². The normalized spacial score (nSPS) is 11.8. The zero-order valence-corrected chi connectivity index (χ0v) is 16.3. The van der Waals surface area contributed by atoms with Gasteiger partial charge in [0, 0.05) is 15.6 Å². The lowest BCUT2D eigenvalue weighted by molar-refractivity contribution is 1.24. The molecule has 0 atom stereocenters. The number of rotatable bonds is 1. The lowest BCUT2D eigenvalue weighted by Gasteiger charge is -2.08. The van der Waals surface area contributed by atoms with Gasteiger partial charge in [0.25, 0.3) is 0 Å². The molecular weight excluding hydrogens is 384 g/mol. The summed E-state index contributed by atoms with van der Waals surface area (Å²) < 4.78 is 2.27. The number of thiophene rings is 1. The van der Waals surface area contributed by atoms with E-state index >= 15 is 0 Å². The summed E-state index contributed by atoms with van der Waals surface area (Å²) in [5, 5.41) is 6.36. The Balaban J connectivity index is 1.66. The summed E-state index contributed by atoms with van der Waals surface area (Å²) in [5.74, 6) is 0. The quantitative estimate of drug-likeness (QED) is 0.213. The van der Waals surface area contributed by atoms with Gasteiger partial charge in [-0.25, -0.2) is 9.97 Å². The summed E-state index contributed by atoms with van der Waals surface area (Å²) in [6.07, 6.45) is 0. The van der Waals surface area contributed by atoms with Gasteiger partial charge in [-0.2, -0.15) is 0 Å². The van der Waals surface area contributed by atoms with Crippen LogP contribution in [-0.4, -0.2) is 9.97 Å². The molecule has 28 heavy (non-hydrogen) atoms. The third-order valence-corrected chi connectivity index (χ3v) is 6.55. The highest BCUT2D eigenvalue weighted by Crippen LogP contribution is 2.39. The van der Waals surface area contributed by atoms with Crippen LogP contribution < -0.4 is 0 Å². The van der Waals surface area contributed by atoms with Gasteiger partial charge in [-0.15, -0.1) is 11.3 Å². The minimum Gasteiger partial charge on any atom is -0.216 e. The Morgan fingerprint density at radius 1 is 0.679 bits per heavy atom. The summed E-state index contributed by atoms with van der Waals surface area (Å²) in [7, 11) is 0. The first-order chi connectivity index (χ1) is 13.8. The molecule has 0 amide bonds. The highest BCUT2D eigenvalue weighted by molar-refractivity contribution is 7.26. The molecule has 0 radical (unpaired) electrons. The Morgan fingerprint density at radius 2 is 1.43 bits per heavy atom. The van der Waals surface area contributed by atoms with Crippen molar-refractivity contribution in [2.45, 2.75) is 0 Å². The van der Waals surface area contributed by atoms with Gasteiger partial charge in [0.2, 0.25) is 5.28 Å². The van der Waals surface area contributed by atoms with E-state index in [0.29, 0.717) is 0 Å². The third kappa shape index (κ3) is 2.34. The number of halogens is 1. The van der Waals surface area contributed by atoms with Crippen LogP contribution >= 0.6 is 22.9 Å². The monoisotopic (exact) mass is 396 g/mol. The van der Waals surface area contributed by atoms with Crippen LogP contribution in [0.25, 0.3) is 53.1 Å². The van der Waals surface area contributed by atoms with Crippen LogP contribution in [0.3, 0.4) is 0 Å². The number of aromatic nitrogens is 2. The molecule has 0 spiro atoms. The Kier molecular flexibility index (Phi) is 3.42. The molecule has 0 bridgehead atoms. The molecule has 0 aliphatic rings. The van der Waals surface area contributed by atoms with E-state index in [1.165, 1.54) is 26.2 Å². The van der Waals surface area contributed by atoms with E-state index in [0.717, 1.165) is 26.9 Å². The number of nitrogens with zero attached hydrogens (tertiary/aromatic N) is 2. The van der Waals surface area contributed by atoms with Crippen LogP contribution in [0.1, 0.15) is 0 Å². The van der Waals surface area contributed by atoms with E-state index in [4.69, 9.17) is 11.6 Å². The molecule has 2 nitrogen and oxygen atoms in total. The van der Waals surface area contributed by atoms with E-state index in [-0.39, 0.29) is 5.28 Å². The molecule has 0 saturated heterocycles. The molecule has 6 rings (SSSR count). The first-order valence-electron chi connectivity index (χ1n) is 9.05. The van der Waals surface area contributed by atoms with Crippen molar-refractivity contribution in [2.24, 2.45) is 0 Å². The standard InChI is InChI=1S/C24H13ClN2S/c25-24-26-21(23-22(27-24)19-7-3-4-8-20(19)28-23)16-11-12-18-15(13-16)10-9-14-5-1-2-6-17(14)18/h1-13H. The lowest BCUT2D eigenvalue weighted by atomic mass is 9.99. The Morgan fingerprint density at radius 3 is 2.36 bits per heavy atom. The molecule has 0 aliphatic heterocycles. The molecule has 6 aromatic rings. The fourth-order valence-electron chi connectivity index (χ4n) is 3.92. The van der Waals surface area contributed by atoms with Crippen molar-refractivity contribution in [1.82, 2.24) is 9.97 Å². The minimum absolute atomic E-state index is 0.282. The highest BCUT2D eigenvalue weighted by Gasteiger charge is 2.15. The third-order valence-electron chi connectivity index (χ3n) is 5.21. The zero-order valence-electron chi connectivity index (χ0n) is 14.7. The topological polar surface area (TPSA) is 25.8 Å². The second-order valence-corrected chi connectivity index (χ2v) is 8.23. The second kappa shape index (κ2) is 5.99. The van der Waals surface area contributed by atoms with Crippen molar-refractivity contribution in [2.75, 3.05) is 0 Å². The van der Waals surface area contributed by atoms with Gasteiger partial charge in [0.05, 0.1) is 15.9 Å². The minimum atomic E-state index is 0.282. The predicted octanol–water partition coefficient (Wildman–Crippen LogP) is 7.47. The summed E-state index contributed by atoms with van der Waals surface area (Å²) in [5.41, 5.74) is 2.88. The van der Waals surface area contributed by atoms with Crippen LogP contribution in [0.4, 0.5) is 0 Å². The second-order valence-electron chi connectivity index (χ2n) is 6.84. The van der Waals surface area contributed by atoms with Crippen LogP contribution in [0, 0.1) is 0 Å². The molecule has 0 fully saturated rings. The molecule has 0 N–H and O–H groups in total. The molecular formula is C24H13ClN2S. The maximum atomic E-state index is 6.31. The van der Waals surface area contributed by atoms with Crippen molar-refractivity contribution in [3.05, 3.63) is 84.1 Å². The Bertz CT molecular complexity index is 1530. The summed E-state index contributed by atoms with van der Waals surface area (Å²) >= 11 is 8.03. The van der Waals surface area contributed by atoms with Crippen LogP contribution in [0.5, 0.6) is 0 Å². The van der Waals surface area contributed by atoms with Gasteiger partial charge in [-0.1, -0.05) is 66.7 Å². The highest BCUT2D eigenvalue weighted by atomic mass is 35.5. The van der Waals surface area contributed by atoms with Gasteiger partial charge in [-0.05, 0) is 45.3 Å². The van der Waals surface area contributed by atoms with Gasteiger partial charge in [0.15, 0.2) is 0 Å². The summed E-state index contributed by atoms with van der Waals surface area (Å²) in [6.45, 7) is 0. The SMILES string of the molecule is Clc1nc(-c2ccc3c(ccc4ccccc43)c2)c2sc3ccccc3c2n1. The van der Waals surface area contributed by atoms with Gasteiger partial charge in [0.1, 0.15) is 0 Å². The van der Waals surface area contributed by atoms with Crippen LogP contribution in [-0.2, 0) is 0 Å². The van der Waals surface area contributed by atoms with E-state index < -0.39 is 0 Å². The van der Waals surface area contributed by atoms with Crippen molar-refractivity contribution in [1.29, 1.82) is 0 Å². The fourth-order valence-corrected chi connectivity index (χ4v) is 5.24. The average Bonchev–Trinajstić information content (AvgIpc) is 3.11. The van der Waals surface area contributed by atoms with E-state index in [2.05, 4.69) is 76.7 Å². The van der Waals surface area contributed by atoms with Crippen molar-refractivity contribution >= 4 is 64.8 Å². The largest absolute Gasteiger partial charge is 0.223 e. The maximum Gasteiger partial charge on any atom is 0.223 e.